The van der Waals surface area contributed by atoms with Crippen LogP contribution in [0.5, 0.6) is 5.75 Å². The van der Waals surface area contributed by atoms with E-state index in [2.05, 4.69) is 5.32 Å². The summed E-state index contributed by atoms with van der Waals surface area (Å²) in [5.41, 5.74) is 4.89. The van der Waals surface area contributed by atoms with Crippen LogP contribution in [0.2, 0.25) is 0 Å². The topological polar surface area (TPSA) is 64.3 Å². The molecule has 0 aliphatic heterocycles. The SMILES string of the molecule is COc1ccc(SCCCC(C)(NC(C)C)C(N)=O)cc1. The summed E-state index contributed by atoms with van der Waals surface area (Å²) in [6.45, 7) is 5.92. The normalized spacial score (nSPS) is 14.0. The molecule has 5 heteroatoms. The average molecular weight is 310 g/mol. The van der Waals surface area contributed by atoms with Crippen LogP contribution < -0.4 is 15.8 Å². The molecule has 0 spiro atoms. The van der Waals surface area contributed by atoms with Crippen LogP contribution in [0.3, 0.4) is 0 Å². The molecular weight excluding hydrogens is 284 g/mol. The average Bonchev–Trinajstić information content (AvgIpc) is 2.43. The molecule has 0 bridgehead atoms. The number of rotatable bonds is 9. The lowest BCUT2D eigenvalue weighted by atomic mass is 9.94. The van der Waals surface area contributed by atoms with Gasteiger partial charge in [0.25, 0.3) is 0 Å². The zero-order valence-electron chi connectivity index (χ0n) is 13.3. The quantitative estimate of drug-likeness (QED) is 0.544. The third kappa shape index (κ3) is 5.98. The molecule has 4 nitrogen and oxygen atoms in total. The first kappa shape index (κ1) is 17.9. The van der Waals surface area contributed by atoms with Gasteiger partial charge in [-0.25, -0.2) is 0 Å². The van der Waals surface area contributed by atoms with Gasteiger partial charge in [0.05, 0.1) is 12.6 Å². The molecule has 1 rings (SSSR count). The monoisotopic (exact) mass is 310 g/mol. The molecule has 118 valence electrons. The Hall–Kier alpha value is -1.20. The van der Waals surface area contributed by atoms with Gasteiger partial charge in [-0.15, -0.1) is 11.8 Å². The summed E-state index contributed by atoms with van der Waals surface area (Å²) in [6.07, 6.45) is 1.67. The Kier molecular flexibility index (Phi) is 7.05. The molecule has 1 aromatic rings. The summed E-state index contributed by atoms with van der Waals surface area (Å²) < 4.78 is 5.13. The molecule has 1 atom stereocenters. The number of carbonyl (C=O) groups is 1. The number of hydrogen-bond donors (Lipinski definition) is 2. The molecule has 0 radical (unpaired) electrons. The first-order valence-corrected chi connectivity index (χ1v) is 8.20. The van der Waals surface area contributed by atoms with Crippen molar-refractivity contribution in [3.63, 3.8) is 0 Å². The van der Waals surface area contributed by atoms with Crippen LogP contribution in [0, 0.1) is 0 Å². The van der Waals surface area contributed by atoms with Crippen LogP contribution in [-0.4, -0.2) is 30.4 Å². The van der Waals surface area contributed by atoms with E-state index in [1.54, 1.807) is 18.9 Å². The van der Waals surface area contributed by atoms with E-state index in [0.717, 1.165) is 24.3 Å². The van der Waals surface area contributed by atoms with E-state index in [1.165, 1.54) is 4.90 Å². The number of nitrogens with two attached hydrogens (primary N) is 1. The van der Waals surface area contributed by atoms with Crippen molar-refractivity contribution >= 4 is 17.7 Å². The van der Waals surface area contributed by atoms with Gasteiger partial charge in [-0.1, -0.05) is 0 Å². The van der Waals surface area contributed by atoms with Gasteiger partial charge in [0.15, 0.2) is 0 Å². The van der Waals surface area contributed by atoms with Gasteiger partial charge >= 0.3 is 0 Å². The van der Waals surface area contributed by atoms with E-state index < -0.39 is 5.54 Å². The molecule has 21 heavy (non-hydrogen) atoms. The van der Waals surface area contributed by atoms with Gasteiger partial charge in [-0.3, -0.25) is 4.79 Å². The van der Waals surface area contributed by atoms with E-state index in [4.69, 9.17) is 10.5 Å². The zero-order valence-corrected chi connectivity index (χ0v) is 14.1. The minimum absolute atomic E-state index is 0.233. The molecule has 0 aliphatic rings. The Morgan fingerprint density at radius 1 is 1.38 bits per heavy atom. The van der Waals surface area contributed by atoms with Crippen molar-refractivity contribution in [1.82, 2.24) is 5.32 Å². The standard InChI is InChI=1S/C16H26N2O2S/c1-12(2)18-16(3,15(17)19)10-5-11-21-14-8-6-13(20-4)7-9-14/h6-9,12,18H,5,10-11H2,1-4H3,(H2,17,19). The number of hydrogen-bond acceptors (Lipinski definition) is 4. The molecule has 3 N–H and O–H groups in total. The third-order valence-corrected chi connectivity index (χ3v) is 4.40. The number of ether oxygens (including phenoxy) is 1. The van der Waals surface area contributed by atoms with Crippen LogP contribution in [0.15, 0.2) is 29.2 Å². The molecular formula is C16H26N2O2S. The Bertz CT molecular complexity index is 448. The molecule has 0 aromatic heterocycles. The number of carbonyl (C=O) groups excluding carboxylic acids is 1. The van der Waals surface area contributed by atoms with Gasteiger partial charge in [-0.2, -0.15) is 0 Å². The highest BCUT2D eigenvalue weighted by molar-refractivity contribution is 7.99. The second-order valence-electron chi connectivity index (χ2n) is 5.62. The summed E-state index contributed by atoms with van der Waals surface area (Å²) in [4.78, 5) is 12.8. The van der Waals surface area contributed by atoms with Crippen LogP contribution in [0.4, 0.5) is 0 Å². The first-order chi connectivity index (χ1) is 9.87. The minimum atomic E-state index is -0.630. The van der Waals surface area contributed by atoms with E-state index in [0.29, 0.717) is 0 Å². The van der Waals surface area contributed by atoms with Crippen LogP contribution in [0.25, 0.3) is 0 Å². The molecule has 1 amide bonds. The maximum atomic E-state index is 11.6. The lowest BCUT2D eigenvalue weighted by molar-refractivity contribution is -0.124. The predicted octanol–water partition coefficient (Wildman–Crippen LogP) is 2.81. The smallest absolute Gasteiger partial charge is 0.237 e. The fourth-order valence-electron chi connectivity index (χ4n) is 2.19. The maximum Gasteiger partial charge on any atom is 0.237 e. The van der Waals surface area contributed by atoms with Crippen molar-refractivity contribution in [2.24, 2.45) is 5.73 Å². The van der Waals surface area contributed by atoms with Crippen molar-refractivity contribution in [2.45, 2.75) is 50.1 Å². The minimum Gasteiger partial charge on any atom is -0.497 e. The molecule has 0 heterocycles. The highest BCUT2D eigenvalue weighted by atomic mass is 32.2. The van der Waals surface area contributed by atoms with E-state index in [1.807, 2.05) is 45.0 Å². The second kappa shape index (κ2) is 8.29. The number of benzene rings is 1. The molecule has 1 unspecified atom stereocenters. The van der Waals surface area contributed by atoms with Gasteiger partial charge in [0.1, 0.15) is 5.75 Å². The molecule has 0 aliphatic carbocycles. The lowest BCUT2D eigenvalue weighted by Crippen LogP contribution is -2.55. The summed E-state index contributed by atoms with van der Waals surface area (Å²) in [5.74, 6) is 1.53. The number of thioether (sulfide) groups is 1. The van der Waals surface area contributed by atoms with Crippen molar-refractivity contribution in [1.29, 1.82) is 0 Å². The van der Waals surface area contributed by atoms with E-state index >= 15 is 0 Å². The highest BCUT2D eigenvalue weighted by Gasteiger charge is 2.30. The molecule has 0 saturated heterocycles. The fraction of sp³-hybridized carbons (Fsp3) is 0.562. The van der Waals surface area contributed by atoms with Crippen molar-refractivity contribution in [3.05, 3.63) is 24.3 Å². The molecule has 0 saturated carbocycles. The van der Waals surface area contributed by atoms with Gasteiger partial charge in [0.2, 0.25) is 5.91 Å². The largest absolute Gasteiger partial charge is 0.497 e. The van der Waals surface area contributed by atoms with Crippen LogP contribution in [0.1, 0.15) is 33.6 Å². The first-order valence-electron chi connectivity index (χ1n) is 7.22. The van der Waals surface area contributed by atoms with Crippen molar-refractivity contribution in [2.75, 3.05) is 12.9 Å². The lowest BCUT2D eigenvalue weighted by Gasteiger charge is -2.29. The zero-order chi connectivity index (χ0) is 15.9. The van der Waals surface area contributed by atoms with Gasteiger partial charge in [-0.05, 0) is 63.6 Å². The van der Waals surface area contributed by atoms with Crippen LogP contribution >= 0.6 is 11.8 Å². The van der Waals surface area contributed by atoms with Gasteiger partial charge in [0, 0.05) is 10.9 Å². The predicted molar refractivity (Wildman–Crippen MR) is 88.8 cm³/mol. The number of primary amides is 1. The van der Waals surface area contributed by atoms with Crippen molar-refractivity contribution < 1.29 is 9.53 Å². The number of nitrogens with one attached hydrogen (secondary N) is 1. The second-order valence-corrected chi connectivity index (χ2v) is 6.79. The van der Waals surface area contributed by atoms with Crippen molar-refractivity contribution in [3.8, 4) is 5.75 Å². The van der Waals surface area contributed by atoms with Crippen LogP contribution in [-0.2, 0) is 4.79 Å². The highest BCUT2D eigenvalue weighted by Crippen LogP contribution is 2.23. The Morgan fingerprint density at radius 3 is 2.48 bits per heavy atom. The fourth-order valence-corrected chi connectivity index (χ4v) is 3.04. The van der Waals surface area contributed by atoms with E-state index in [9.17, 15) is 4.79 Å². The summed E-state index contributed by atoms with van der Waals surface area (Å²) in [5, 5.41) is 3.27. The van der Waals surface area contributed by atoms with Gasteiger partial charge < -0.3 is 15.8 Å². The molecule has 0 fully saturated rings. The summed E-state index contributed by atoms with van der Waals surface area (Å²) in [6, 6.07) is 8.23. The Labute approximate surface area is 131 Å². The summed E-state index contributed by atoms with van der Waals surface area (Å²) >= 11 is 1.78. The number of amides is 1. The Balaban J connectivity index is 2.42. The number of methoxy groups -OCH3 is 1. The summed E-state index contributed by atoms with van der Waals surface area (Å²) in [7, 11) is 1.66. The van der Waals surface area contributed by atoms with E-state index in [-0.39, 0.29) is 11.9 Å². The third-order valence-electron chi connectivity index (χ3n) is 3.30. The Morgan fingerprint density at radius 2 is 2.00 bits per heavy atom. The molecule has 1 aromatic carbocycles. The maximum absolute atomic E-state index is 11.6.